The van der Waals surface area contributed by atoms with Crippen LogP contribution in [0.15, 0.2) is 42.5 Å². The molecule has 0 aliphatic heterocycles. The van der Waals surface area contributed by atoms with Crippen LogP contribution in [0.2, 0.25) is 5.02 Å². The second-order valence-corrected chi connectivity index (χ2v) is 4.67. The maximum atomic E-state index is 12.8. The van der Waals surface area contributed by atoms with Crippen molar-refractivity contribution in [2.24, 2.45) is 5.73 Å². The first kappa shape index (κ1) is 15.3. The minimum Gasteiger partial charge on any atom is -0.483 e. The average Bonchev–Trinajstić information content (AvgIpc) is 2.47. The minimum absolute atomic E-state index is 0.190. The van der Waals surface area contributed by atoms with Gasteiger partial charge in [0.25, 0.3) is 5.91 Å². The zero-order valence-corrected chi connectivity index (χ0v) is 11.9. The predicted molar refractivity (Wildman–Crippen MR) is 79.9 cm³/mol. The van der Waals surface area contributed by atoms with Gasteiger partial charge in [-0.1, -0.05) is 17.7 Å². The van der Waals surface area contributed by atoms with Gasteiger partial charge >= 0.3 is 0 Å². The number of benzene rings is 2. The second-order valence-electron chi connectivity index (χ2n) is 4.26. The zero-order valence-electron chi connectivity index (χ0n) is 11.1. The van der Waals surface area contributed by atoms with Crippen LogP contribution in [0, 0.1) is 5.82 Å². The van der Waals surface area contributed by atoms with Crippen LogP contribution >= 0.6 is 11.6 Å². The summed E-state index contributed by atoms with van der Waals surface area (Å²) in [6.45, 7) is 0.0271. The Kier molecular flexibility index (Phi) is 5.14. The van der Waals surface area contributed by atoms with Gasteiger partial charge in [-0.25, -0.2) is 4.39 Å². The highest BCUT2D eigenvalue weighted by atomic mass is 35.5. The predicted octanol–water partition coefficient (Wildman–Crippen LogP) is 2.96. The molecule has 110 valence electrons. The minimum atomic E-state index is -0.365. The summed E-state index contributed by atoms with van der Waals surface area (Å²) >= 11 is 5.99. The topological polar surface area (TPSA) is 64.3 Å². The largest absolute Gasteiger partial charge is 0.483 e. The van der Waals surface area contributed by atoms with Crippen molar-refractivity contribution in [3.63, 3.8) is 0 Å². The van der Waals surface area contributed by atoms with E-state index in [1.54, 1.807) is 18.2 Å². The molecule has 0 aromatic heterocycles. The van der Waals surface area contributed by atoms with E-state index in [1.807, 2.05) is 0 Å². The standard InChI is InChI=1S/C15H14ClFN2O2/c16-13-2-1-3-14(12(13)8-18)21-9-15(20)19-11-6-4-10(17)5-7-11/h1-7H,8-9,18H2,(H,19,20). The van der Waals surface area contributed by atoms with E-state index >= 15 is 0 Å². The molecule has 2 aromatic rings. The van der Waals surface area contributed by atoms with Gasteiger partial charge in [-0.05, 0) is 36.4 Å². The van der Waals surface area contributed by atoms with Crippen molar-refractivity contribution in [2.75, 3.05) is 11.9 Å². The molecule has 3 N–H and O–H groups in total. The smallest absolute Gasteiger partial charge is 0.262 e. The average molecular weight is 309 g/mol. The fourth-order valence-corrected chi connectivity index (χ4v) is 1.99. The summed E-state index contributed by atoms with van der Waals surface area (Å²) in [5.74, 6) is -0.250. The lowest BCUT2D eigenvalue weighted by atomic mass is 10.2. The first-order valence-corrected chi connectivity index (χ1v) is 6.63. The molecule has 0 aliphatic carbocycles. The number of halogens is 2. The van der Waals surface area contributed by atoms with Crippen LogP contribution in [0.3, 0.4) is 0 Å². The number of rotatable bonds is 5. The van der Waals surface area contributed by atoms with Crippen molar-refractivity contribution < 1.29 is 13.9 Å². The summed E-state index contributed by atoms with van der Waals surface area (Å²) in [4.78, 5) is 11.8. The summed E-state index contributed by atoms with van der Waals surface area (Å²) < 4.78 is 18.2. The molecule has 0 atom stereocenters. The Morgan fingerprint density at radius 3 is 2.62 bits per heavy atom. The number of hydrogen-bond acceptors (Lipinski definition) is 3. The number of hydrogen-bond donors (Lipinski definition) is 2. The summed E-state index contributed by atoms with van der Waals surface area (Å²) in [5.41, 5.74) is 6.74. The lowest BCUT2D eigenvalue weighted by Crippen LogP contribution is -2.20. The highest BCUT2D eigenvalue weighted by molar-refractivity contribution is 6.31. The van der Waals surface area contributed by atoms with Gasteiger partial charge < -0.3 is 15.8 Å². The molecule has 2 aromatic carbocycles. The lowest BCUT2D eigenvalue weighted by molar-refractivity contribution is -0.118. The van der Waals surface area contributed by atoms with Crippen LogP contribution < -0.4 is 15.8 Å². The maximum Gasteiger partial charge on any atom is 0.262 e. The number of nitrogens with one attached hydrogen (secondary N) is 1. The molecule has 0 unspecified atom stereocenters. The van der Waals surface area contributed by atoms with Crippen LogP contribution in [0.4, 0.5) is 10.1 Å². The molecule has 6 heteroatoms. The molecule has 4 nitrogen and oxygen atoms in total. The Morgan fingerprint density at radius 1 is 1.24 bits per heavy atom. The Balaban J connectivity index is 1.95. The van der Waals surface area contributed by atoms with Gasteiger partial charge in [0.2, 0.25) is 0 Å². The third-order valence-corrected chi connectivity index (χ3v) is 3.12. The van der Waals surface area contributed by atoms with E-state index in [0.717, 1.165) is 0 Å². The molecule has 1 amide bonds. The van der Waals surface area contributed by atoms with Crippen LogP contribution in [0.1, 0.15) is 5.56 Å². The number of anilines is 1. The Morgan fingerprint density at radius 2 is 1.95 bits per heavy atom. The summed E-state index contributed by atoms with van der Waals surface area (Å²) in [5, 5.41) is 3.09. The van der Waals surface area contributed by atoms with Gasteiger partial charge in [0.05, 0.1) is 0 Å². The van der Waals surface area contributed by atoms with Crippen molar-refractivity contribution in [3.05, 3.63) is 58.9 Å². The van der Waals surface area contributed by atoms with Gasteiger partial charge in [0, 0.05) is 22.8 Å². The van der Waals surface area contributed by atoms with Crippen molar-refractivity contribution in [1.82, 2.24) is 0 Å². The molecule has 0 spiro atoms. The van der Waals surface area contributed by atoms with E-state index in [2.05, 4.69) is 5.32 Å². The van der Waals surface area contributed by atoms with Crippen LogP contribution in [0.5, 0.6) is 5.75 Å². The Labute approximate surface area is 126 Å². The summed E-state index contributed by atoms with van der Waals surface area (Å²) in [6.07, 6.45) is 0. The normalized spacial score (nSPS) is 10.2. The van der Waals surface area contributed by atoms with Gasteiger partial charge in [0.15, 0.2) is 6.61 Å². The SMILES string of the molecule is NCc1c(Cl)cccc1OCC(=O)Nc1ccc(F)cc1. The Hall–Kier alpha value is -2.11. The van der Waals surface area contributed by atoms with Crippen LogP contribution in [-0.2, 0) is 11.3 Å². The molecule has 0 heterocycles. The van der Waals surface area contributed by atoms with Crippen molar-refractivity contribution in [3.8, 4) is 5.75 Å². The zero-order chi connectivity index (χ0) is 15.2. The number of carbonyl (C=O) groups is 1. The number of ether oxygens (including phenoxy) is 1. The molecule has 2 rings (SSSR count). The molecule has 0 saturated carbocycles. The van der Waals surface area contributed by atoms with Crippen molar-refractivity contribution in [2.45, 2.75) is 6.54 Å². The van der Waals surface area contributed by atoms with Crippen LogP contribution in [0.25, 0.3) is 0 Å². The first-order valence-electron chi connectivity index (χ1n) is 6.26. The summed E-state index contributed by atoms with van der Waals surface area (Å²) in [7, 11) is 0. The van der Waals surface area contributed by atoms with Crippen molar-refractivity contribution in [1.29, 1.82) is 0 Å². The van der Waals surface area contributed by atoms with Gasteiger partial charge in [0.1, 0.15) is 11.6 Å². The molecule has 0 aliphatic rings. The lowest BCUT2D eigenvalue weighted by Gasteiger charge is -2.11. The molecule has 0 bridgehead atoms. The van der Waals surface area contributed by atoms with E-state index < -0.39 is 0 Å². The first-order chi connectivity index (χ1) is 10.1. The van der Waals surface area contributed by atoms with E-state index in [1.165, 1.54) is 24.3 Å². The number of amides is 1. The third-order valence-electron chi connectivity index (χ3n) is 2.77. The number of nitrogens with two attached hydrogens (primary N) is 1. The molecule has 0 fully saturated rings. The molecule has 0 radical (unpaired) electrons. The Bertz CT molecular complexity index is 632. The van der Waals surface area contributed by atoms with Gasteiger partial charge in [-0.2, -0.15) is 0 Å². The van der Waals surface area contributed by atoms with Crippen LogP contribution in [-0.4, -0.2) is 12.5 Å². The molecular formula is C15H14ClFN2O2. The second kappa shape index (κ2) is 7.06. The maximum absolute atomic E-state index is 12.8. The highest BCUT2D eigenvalue weighted by Crippen LogP contribution is 2.25. The third kappa shape index (κ3) is 4.18. The van der Waals surface area contributed by atoms with Gasteiger partial charge in [-0.15, -0.1) is 0 Å². The monoisotopic (exact) mass is 308 g/mol. The molecule has 21 heavy (non-hydrogen) atoms. The molecule has 0 saturated heterocycles. The van der Waals surface area contributed by atoms with E-state index in [0.29, 0.717) is 22.0 Å². The quantitative estimate of drug-likeness (QED) is 0.892. The van der Waals surface area contributed by atoms with E-state index in [9.17, 15) is 9.18 Å². The van der Waals surface area contributed by atoms with Crippen molar-refractivity contribution >= 4 is 23.2 Å². The van der Waals surface area contributed by atoms with E-state index in [4.69, 9.17) is 22.1 Å². The number of carbonyl (C=O) groups excluding carboxylic acids is 1. The fraction of sp³-hybridized carbons (Fsp3) is 0.133. The van der Waals surface area contributed by atoms with Gasteiger partial charge in [-0.3, -0.25) is 4.79 Å². The fourth-order valence-electron chi connectivity index (χ4n) is 1.75. The highest BCUT2D eigenvalue weighted by Gasteiger charge is 2.09. The summed E-state index contributed by atoms with van der Waals surface area (Å²) in [6, 6.07) is 10.6. The molecular weight excluding hydrogens is 295 g/mol. The van der Waals surface area contributed by atoms with E-state index in [-0.39, 0.29) is 24.9 Å².